The molecule has 40 heavy (non-hydrogen) atoms. The van der Waals surface area contributed by atoms with Gasteiger partial charge in [-0.05, 0) is 91.3 Å². The van der Waals surface area contributed by atoms with Crippen molar-refractivity contribution in [1.29, 1.82) is 0 Å². The van der Waals surface area contributed by atoms with Gasteiger partial charge in [-0.3, -0.25) is 4.98 Å². The fraction of sp³-hybridized carbons (Fsp3) is 0.455. The minimum Gasteiger partial charge on any atom is -0.465 e. The van der Waals surface area contributed by atoms with E-state index in [2.05, 4.69) is 106 Å². The van der Waals surface area contributed by atoms with Crippen molar-refractivity contribution in [1.82, 2.24) is 4.98 Å². The van der Waals surface area contributed by atoms with Crippen molar-refractivity contribution >= 4 is 31.3 Å². The number of nitrogens with one attached hydrogen (secondary N) is 1. The molecule has 0 saturated carbocycles. The van der Waals surface area contributed by atoms with Crippen LogP contribution < -0.4 is 10.2 Å². The number of aromatic nitrogens is 1. The van der Waals surface area contributed by atoms with Gasteiger partial charge in [-0.2, -0.15) is 0 Å². The number of carbonyl (C=O) groups excluding carboxylic acids is 1. The number of methoxy groups -OCH3 is 1. The lowest BCUT2D eigenvalue weighted by atomic mass is 9.82. The largest absolute Gasteiger partial charge is 0.465 e. The minimum atomic E-state index is -1.83. The third-order valence-corrected chi connectivity index (χ3v) is 13.3. The molecule has 1 N–H and O–H groups in total. The Morgan fingerprint density at radius 3 is 2.50 bits per heavy atom. The van der Waals surface area contributed by atoms with Crippen molar-refractivity contribution in [2.75, 3.05) is 30.9 Å². The van der Waals surface area contributed by atoms with Crippen LogP contribution in [0.25, 0.3) is 0 Å². The van der Waals surface area contributed by atoms with Crippen LogP contribution in [-0.2, 0) is 15.6 Å². The topological polar surface area (TPSA) is 63.7 Å². The molecule has 0 aliphatic heterocycles. The van der Waals surface area contributed by atoms with Gasteiger partial charge in [0.1, 0.15) is 0 Å². The molecule has 4 rings (SSSR count). The highest BCUT2D eigenvalue weighted by atomic mass is 28.4. The summed E-state index contributed by atoms with van der Waals surface area (Å²) in [4.78, 5) is 18.6. The molecule has 0 spiro atoms. The standard InChI is InChI=1S/C33H45N3O3Si/c1-23(39-40(7,8)33(2,3)4)24-12-14-27(15-13-24)36(5)28-16-17-29-25(20-28)10-9-11-26(29)21-35-31-22-34-19-18-30(31)32(37)38-6/h12-20,22-23,26,35H,9-11,21H2,1-8H3. The van der Waals surface area contributed by atoms with E-state index in [4.69, 9.17) is 9.16 Å². The van der Waals surface area contributed by atoms with Gasteiger partial charge in [0.2, 0.25) is 0 Å². The first-order valence-corrected chi connectivity index (χ1v) is 17.2. The normalized spacial score (nSPS) is 16.1. The molecule has 1 aromatic heterocycles. The van der Waals surface area contributed by atoms with Gasteiger partial charge in [-0.25, -0.2) is 4.79 Å². The predicted octanol–water partition coefficient (Wildman–Crippen LogP) is 8.25. The van der Waals surface area contributed by atoms with E-state index < -0.39 is 8.32 Å². The highest BCUT2D eigenvalue weighted by molar-refractivity contribution is 6.74. The van der Waals surface area contributed by atoms with Gasteiger partial charge in [0, 0.05) is 37.1 Å². The van der Waals surface area contributed by atoms with Gasteiger partial charge in [-0.1, -0.05) is 39.0 Å². The fourth-order valence-corrected chi connectivity index (χ4v) is 6.56. The Balaban J connectivity index is 1.45. The number of ether oxygens (including phenoxy) is 1. The Labute approximate surface area is 241 Å². The van der Waals surface area contributed by atoms with E-state index in [-0.39, 0.29) is 17.1 Å². The van der Waals surface area contributed by atoms with Crippen molar-refractivity contribution < 1.29 is 14.0 Å². The maximum atomic E-state index is 12.1. The number of nitrogens with zero attached hydrogens (tertiary/aromatic N) is 2. The quantitative estimate of drug-likeness (QED) is 0.210. The molecular weight excluding hydrogens is 514 g/mol. The molecule has 1 aliphatic rings. The molecule has 1 aliphatic carbocycles. The average Bonchev–Trinajstić information content (AvgIpc) is 2.94. The number of aryl methyl sites for hydroxylation is 1. The summed E-state index contributed by atoms with van der Waals surface area (Å²) in [5.41, 5.74) is 7.56. The predicted molar refractivity (Wildman–Crippen MR) is 167 cm³/mol. The summed E-state index contributed by atoms with van der Waals surface area (Å²) in [5.74, 6) is 0.0164. The van der Waals surface area contributed by atoms with Gasteiger partial charge < -0.3 is 19.4 Å². The number of hydrogen-bond donors (Lipinski definition) is 1. The lowest BCUT2D eigenvalue weighted by Crippen LogP contribution is -2.41. The number of anilines is 3. The Kier molecular flexibility index (Phi) is 9.05. The summed E-state index contributed by atoms with van der Waals surface area (Å²) in [6.45, 7) is 14.4. The van der Waals surface area contributed by atoms with Gasteiger partial charge in [-0.15, -0.1) is 0 Å². The zero-order valence-electron chi connectivity index (χ0n) is 25.4. The van der Waals surface area contributed by atoms with Crippen LogP contribution in [0.15, 0.2) is 60.9 Å². The Morgan fingerprint density at radius 1 is 1.12 bits per heavy atom. The van der Waals surface area contributed by atoms with E-state index in [1.54, 1.807) is 18.5 Å². The van der Waals surface area contributed by atoms with E-state index in [1.165, 1.54) is 29.5 Å². The third kappa shape index (κ3) is 6.58. The summed E-state index contributed by atoms with van der Waals surface area (Å²) in [6.07, 6.45) is 6.71. The average molecular weight is 560 g/mol. The number of benzene rings is 2. The summed E-state index contributed by atoms with van der Waals surface area (Å²) in [5, 5.41) is 3.65. The van der Waals surface area contributed by atoms with Crippen molar-refractivity contribution in [2.24, 2.45) is 0 Å². The number of rotatable bonds is 9. The number of fused-ring (bicyclic) bond motifs is 1. The Bertz CT molecular complexity index is 1320. The molecule has 7 heteroatoms. The van der Waals surface area contributed by atoms with E-state index >= 15 is 0 Å². The van der Waals surface area contributed by atoms with Gasteiger partial charge >= 0.3 is 5.97 Å². The molecule has 0 fully saturated rings. The second-order valence-electron chi connectivity index (χ2n) is 12.4. The molecular formula is C33H45N3O3Si. The molecule has 2 unspecified atom stereocenters. The van der Waals surface area contributed by atoms with Crippen molar-refractivity contribution in [3.63, 3.8) is 0 Å². The van der Waals surface area contributed by atoms with Gasteiger partial charge in [0.05, 0.1) is 30.7 Å². The van der Waals surface area contributed by atoms with Crippen LogP contribution in [0.5, 0.6) is 0 Å². The first kappa shape index (κ1) is 29.8. The van der Waals surface area contributed by atoms with Gasteiger partial charge in [0.25, 0.3) is 0 Å². The maximum Gasteiger partial charge on any atom is 0.340 e. The van der Waals surface area contributed by atoms with Crippen LogP contribution >= 0.6 is 0 Å². The van der Waals surface area contributed by atoms with E-state index in [9.17, 15) is 4.79 Å². The highest BCUT2D eigenvalue weighted by Gasteiger charge is 2.38. The van der Waals surface area contributed by atoms with Crippen LogP contribution in [0.4, 0.5) is 17.1 Å². The first-order valence-electron chi connectivity index (χ1n) is 14.3. The summed E-state index contributed by atoms with van der Waals surface area (Å²) >= 11 is 0. The molecule has 2 atom stereocenters. The lowest BCUT2D eigenvalue weighted by molar-refractivity contribution is 0.0601. The van der Waals surface area contributed by atoms with Crippen LogP contribution in [0.3, 0.4) is 0 Å². The molecule has 0 saturated heterocycles. The molecule has 2 aromatic carbocycles. The molecule has 0 amide bonds. The van der Waals surface area contributed by atoms with Crippen LogP contribution in [0.2, 0.25) is 18.1 Å². The number of pyridine rings is 1. The molecule has 0 radical (unpaired) electrons. The number of carbonyl (C=O) groups is 1. The van der Waals surface area contributed by atoms with Crippen LogP contribution in [0.1, 0.15) is 79.6 Å². The van der Waals surface area contributed by atoms with E-state index in [0.717, 1.165) is 31.5 Å². The van der Waals surface area contributed by atoms with Crippen molar-refractivity contribution in [2.45, 2.75) is 77.1 Å². The second kappa shape index (κ2) is 12.1. The van der Waals surface area contributed by atoms with Crippen LogP contribution in [0, 0.1) is 0 Å². The Hall–Kier alpha value is -3.16. The minimum absolute atomic E-state index is 0.0740. The zero-order valence-corrected chi connectivity index (χ0v) is 26.4. The van der Waals surface area contributed by atoms with Gasteiger partial charge in [0.15, 0.2) is 8.32 Å². The molecule has 6 nitrogen and oxygen atoms in total. The van der Waals surface area contributed by atoms with Crippen LogP contribution in [-0.4, -0.2) is 40.0 Å². The molecule has 3 aromatic rings. The Morgan fingerprint density at radius 2 is 1.82 bits per heavy atom. The first-order chi connectivity index (χ1) is 18.9. The number of esters is 1. The van der Waals surface area contributed by atoms with E-state index in [0.29, 0.717) is 17.2 Å². The molecule has 214 valence electrons. The fourth-order valence-electron chi connectivity index (χ4n) is 5.18. The maximum absolute atomic E-state index is 12.1. The highest BCUT2D eigenvalue weighted by Crippen LogP contribution is 2.40. The van der Waals surface area contributed by atoms with Crippen molar-refractivity contribution in [3.05, 3.63) is 83.2 Å². The number of hydrogen-bond acceptors (Lipinski definition) is 6. The third-order valence-electron chi connectivity index (χ3n) is 8.75. The second-order valence-corrected chi connectivity index (χ2v) is 17.2. The van der Waals surface area contributed by atoms with Crippen molar-refractivity contribution in [3.8, 4) is 0 Å². The molecule has 1 heterocycles. The summed E-state index contributed by atoms with van der Waals surface area (Å²) in [6, 6.07) is 17.3. The van der Waals surface area contributed by atoms with E-state index in [1.807, 2.05) is 0 Å². The summed E-state index contributed by atoms with van der Waals surface area (Å²) in [7, 11) is 1.70. The SMILES string of the molecule is COC(=O)c1ccncc1NCC1CCCc2cc(N(C)c3ccc(C(C)O[Si](C)(C)C(C)(C)C)cc3)ccc21. The molecule has 0 bridgehead atoms. The smallest absolute Gasteiger partial charge is 0.340 e. The lowest BCUT2D eigenvalue weighted by Gasteiger charge is -2.38. The monoisotopic (exact) mass is 559 g/mol. The zero-order chi connectivity index (χ0) is 29.1. The summed E-state index contributed by atoms with van der Waals surface area (Å²) < 4.78 is 11.5.